The smallest absolute Gasteiger partial charge is 0.322 e. The lowest BCUT2D eigenvalue weighted by atomic mass is 9.88. The van der Waals surface area contributed by atoms with E-state index in [1.54, 1.807) is 35.7 Å². The largest absolute Gasteiger partial charge is 0.494 e. The lowest BCUT2D eigenvalue weighted by Gasteiger charge is -2.27. The summed E-state index contributed by atoms with van der Waals surface area (Å²) in [6, 6.07) is 12.8. The number of carbonyl (C=O) groups excluding carboxylic acids is 2. The number of thiophene rings is 1. The maximum atomic E-state index is 13.6. The zero-order valence-electron chi connectivity index (χ0n) is 15.6. The van der Waals surface area contributed by atoms with Crippen molar-refractivity contribution in [2.75, 3.05) is 0 Å². The van der Waals surface area contributed by atoms with E-state index < -0.39 is 23.3 Å². The van der Waals surface area contributed by atoms with Gasteiger partial charge >= 0.3 is 6.03 Å². The van der Waals surface area contributed by atoms with Crippen LogP contribution in [0.15, 0.2) is 65.5 Å². The molecule has 5 rings (SSSR count). The van der Waals surface area contributed by atoms with Crippen LogP contribution in [0.5, 0.6) is 5.88 Å². The normalized spacial score (nSPS) is 18.6. The highest BCUT2D eigenvalue weighted by atomic mass is 32.1. The van der Waals surface area contributed by atoms with Crippen LogP contribution in [0.3, 0.4) is 0 Å². The summed E-state index contributed by atoms with van der Waals surface area (Å²) in [4.78, 5) is 24.9. The summed E-state index contributed by atoms with van der Waals surface area (Å²) in [6.07, 6.45) is 1.63. The van der Waals surface area contributed by atoms with E-state index >= 15 is 0 Å². The Morgan fingerprint density at radius 3 is 2.53 bits per heavy atom. The second-order valence-corrected chi connectivity index (χ2v) is 8.00. The number of carbonyl (C=O) groups is 2. The van der Waals surface area contributed by atoms with Gasteiger partial charge in [0.25, 0.3) is 5.91 Å². The van der Waals surface area contributed by atoms with E-state index in [1.807, 2.05) is 29.0 Å². The van der Waals surface area contributed by atoms with Crippen molar-refractivity contribution in [3.8, 4) is 17.0 Å². The number of benzene rings is 2. The van der Waals surface area contributed by atoms with Crippen molar-refractivity contribution in [2.45, 2.75) is 12.1 Å². The molecule has 6 nitrogen and oxygen atoms in total. The molecule has 2 aromatic carbocycles. The number of amides is 3. The Bertz CT molecular complexity index is 1280. The molecule has 8 heteroatoms. The Morgan fingerprint density at radius 2 is 1.87 bits per heavy atom. The molecular weight excluding hydrogens is 405 g/mol. The van der Waals surface area contributed by atoms with Crippen LogP contribution < -0.4 is 10.6 Å². The van der Waals surface area contributed by atoms with Crippen LogP contribution in [0.1, 0.15) is 5.56 Å². The third kappa shape index (κ3) is 2.84. The van der Waals surface area contributed by atoms with Gasteiger partial charge in [-0.2, -0.15) is 11.3 Å². The molecule has 1 aliphatic heterocycles. The van der Waals surface area contributed by atoms with Gasteiger partial charge in [0.2, 0.25) is 0 Å². The van der Waals surface area contributed by atoms with Gasteiger partial charge in [-0.3, -0.25) is 10.1 Å². The van der Waals surface area contributed by atoms with Crippen LogP contribution >= 0.6 is 11.3 Å². The standard InChI is InChI=1S/C22H16FN3O3S/c23-17-6-3-14-10-26(19(27)18(14)9-17)12-22(20(28)24-21(29)25-22)16-4-1-13(2-5-16)15-7-8-30-11-15/h1-11,27H,12H2,(H2,24,25,28,29)/t22-/m0/s1. The molecule has 0 spiro atoms. The van der Waals surface area contributed by atoms with Crippen molar-refractivity contribution < 1.29 is 19.1 Å². The van der Waals surface area contributed by atoms with E-state index in [-0.39, 0.29) is 12.4 Å². The SMILES string of the molecule is O=C1NC(=O)[C@](Cn2cc3ccc(F)cc3c2O)(c2ccc(-c3ccsc3)cc2)N1. The first kappa shape index (κ1) is 18.4. The van der Waals surface area contributed by atoms with E-state index in [4.69, 9.17) is 0 Å². The number of hydrogen-bond acceptors (Lipinski definition) is 4. The van der Waals surface area contributed by atoms with E-state index in [0.717, 1.165) is 11.1 Å². The Morgan fingerprint density at radius 1 is 1.07 bits per heavy atom. The Hall–Kier alpha value is -3.65. The van der Waals surface area contributed by atoms with Crippen LogP contribution in [0.2, 0.25) is 0 Å². The summed E-state index contributed by atoms with van der Waals surface area (Å²) in [7, 11) is 0. The van der Waals surface area contributed by atoms with Crippen molar-refractivity contribution >= 4 is 34.0 Å². The van der Waals surface area contributed by atoms with Gasteiger partial charge in [0, 0.05) is 17.0 Å². The number of aromatic nitrogens is 1. The predicted molar refractivity (Wildman–Crippen MR) is 112 cm³/mol. The van der Waals surface area contributed by atoms with Gasteiger partial charge < -0.3 is 15.0 Å². The molecule has 3 amide bonds. The summed E-state index contributed by atoms with van der Waals surface area (Å²) in [5.74, 6) is -1.16. The van der Waals surface area contributed by atoms with Crippen molar-refractivity contribution in [1.29, 1.82) is 0 Å². The summed E-state index contributed by atoms with van der Waals surface area (Å²) in [6.45, 7) is -0.0511. The van der Waals surface area contributed by atoms with Gasteiger partial charge in [-0.15, -0.1) is 0 Å². The highest BCUT2D eigenvalue weighted by molar-refractivity contribution is 7.08. The number of nitrogens with zero attached hydrogens (tertiary/aromatic N) is 1. The van der Waals surface area contributed by atoms with Crippen molar-refractivity contribution in [2.24, 2.45) is 0 Å². The molecule has 3 N–H and O–H groups in total. The molecule has 0 aliphatic carbocycles. The lowest BCUT2D eigenvalue weighted by Crippen LogP contribution is -2.47. The Labute approximate surface area is 174 Å². The highest BCUT2D eigenvalue weighted by Crippen LogP contribution is 2.34. The van der Waals surface area contributed by atoms with Crippen molar-refractivity contribution in [1.82, 2.24) is 15.2 Å². The number of fused-ring (bicyclic) bond motifs is 1. The van der Waals surface area contributed by atoms with Gasteiger partial charge in [0.15, 0.2) is 11.4 Å². The van der Waals surface area contributed by atoms with Gasteiger partial charge in [-0.25, -0.2) is 9.18 Å². The van der Waals surface area contributed by atoms with Crippen molar-refractivity contribution in [3.05, 3.63) is 76.9 Å². The third-order valence-corrected chi connectivity index (χ3v) is 6.09. The number of hydrogen-bond donors (Lipinski definition) is 3. The number of halogens is 1. The molecule has 4 aromatic rings. The van der Waals surface area contributed by atoms with Crippen LogP contribution in [0.4, 0.5) is 9.18 Å². The lowest BCUT2D eigenvalue weighted by molar-refractivity contribution is -0.124. The molecule has 3 heterocycles. The van der Waals surface area contributed by atoms with Crippen molar-refractivity contribution in [3.63, 3.8) is 0 Å². The molecule has 1 atom stereocenters. The van der Waals surface area contributed by atoms with Crippen LogP contribution in [0.25, 0.3) is 21.9 Å². The topological polar surface area (TPSA) is 83.4 Å². The Balaban J connectivity index is 1.58. The number of urea groups is 1. The molecule has 150 valence electrons. The maximum absolute atomic E-state index is 13.6. The predicted octanol–water partition coefficient (Wildman–Crippen LogP) is 3.95. The monoisotopic (exact) mass is 421 g/mol. The number of nitrogens with one attached hydrogen (secondary N) is 2. The molecular formula is C22H16FN3O3S. The molecule has 0 radical (unpaired) electrons. The highest BCUT2D eigenvalue weighted by Gasteiger charge is 2.48. The molecule has 1 fully saturated rings. The fourth-order valence-corrected chi connectivity index (χ4v) is 4.53. The molecule has 0 saturated carbocycles. The van der Waals surface area contributed by atoms with Crippen LogP contribution in [-0.2, 0) is 16.9 Å². The van der Waals surface area contributed by atoms with E-state index in [0.29, 0.717) is 16.3 Å². The summed E-state index contributed by atoms with van der Waals surface area (Å²) in [5.41, 5.74) is 1.23. The average molecular weight is 421 g/mol. The second-order valence-electron chi connectivity index (χ2n) is 7.22. The van der Waals surface area contributed by atoms with Gasteiger partial charge in [-0.1, -0.05) is 24.3 Å². The summed E-state index contributed by atoms with van der Waals surface area (Å²) >= 11 is 1.59. The van der Waals surface area contributed by atoms with Crippen LogP contribution in [0, 0.1) is 5.82 Å². The molecule has 30 heavy (non-hydrogen) atoms. The molecule has 1 saturated heterocycles. The van der Waals surface area contributed by atoms with E-state index in [9.17, 15) is 19.1 Å². The number of imide groups is 1. The molecule has 0 bridgehead atoms. The minimum atomic E-state index is -1.41. The quantitative estimate of drug-likeness (QED) is 0.437. The first-order valence-electron chi connectivity index (χ1n) is 9.20. The Kier molecular flexibility index (Phi) is 4.11. The minimum absolute atomic E-state index is 0.0511. The zero-order chi connectivity index (χ0) is 20.9. The maximum Gasteiger partial charge on any atom is 0.322 e. The minimum Gasteiger partial charge on any atom is -0.494 e. The molecule has 2 aromatic heterocycles. The summed E-state index contributed by atoms with van der Waals surface area (Å²) in [5, 5.41) is 20.6. The number of aromatic hydroxyl groups is 1. The summed E-state index contributed by atoms with van der Waals surface area (Å²) < 4.78 is 15.0. The fourth-order valence-electron chi connectivity index (χ4n) is 3.87. The third-order valence-electron chi connectivity index (χ3n) is 5.40. The first-order valence-corrected chi connectivity index (χ1v) is 10.1. The number of rotatable bonds is 4. The van der Waals surface area contributed by atoms with Crippen LogP contribution in [-0.4, -0.2) is 21.6 Å². The molecule has 0 unspecified atom stereocenters. The molecule has 1 aliphatic rings. The van der Waals surface area contributed by atoms with E-state index in [2.05, 4.69) is 10.6 Å². The van der Waals surface area contributed by atoms with E-state index in [1.165, 1.54) is 16.7 Å². The first-order chi connectivity index (χ1) is 14.5. The average Bonchev–Trinajstić information content (AvgIpc) is 3.43. The zero-order valence-corrected chi connectivity index (χ0v) is 16.4. The van der Waals surface area contributed by atoms with Gasteiger partial charge in [0.1, 0.15) is 5.82 Å². The second kappa shape index (κ2) is 6.70. The van der Waals surface area contributed by atoms with Gasteiger partial charge in [-0.05, 0) is 51.7 Å². The van der Waals surface area contributed by atoms with Gasteiger partial charge in [0.05, 0.1) is 6.54 Å². The fraction of sp³-hybridized carbons (Fsp3) is 0.0909.